The van der Waals surface area contributed by atoms with E-state index >= 15 is 0 Å². The Labute approximate surface area is 160 Å². The lowest BCUT2D eigenvalue weighted by molar-refractivity contribution is -0.122. The molecule has 0 aliphatic carbocycles. The minimum Gasteiger partial charge on any atom is -0.497 e. The highest BCUT2D eigenvalue weighted by atomic mass is 16.5. The van der Waals surface area contributed by atoms with E-state index in [2.05, 4.69) is 34.3 Å². The van der Waals surface area contributed by atoms with Crippen molar-refractivity contribution in [1.29, 1.82) is 0 Å². The number of benzene rings is 2. The van der Waals surface area contributed by atoms with Crippen LogP contribution in [0.2, 0.25) is 0 Å². The fraction of sp³-hybridized carbons (Fsp3) is 0.381. The van der Waals surface area contributed by atoms with Gasteiger partial charge in [0.25, 0.3) is 5.91 Å². The zero-order chi connectivity index (χ0) is 19.2. The monoisotopic (exact) mass is 369 g/mol. The highest BCUT2D eigenvalue weighted by Crippen LogP contribution is 2.22. The maximum atomic E-state index is 12.4. The summed E-state index contributed by atoms with van der Waals surface area (Å²) >= 11 is 0. The van der Waals surface area contributed by atoms with E-state index in [4.69, 9.17) is 9.47 Å². The van der Waals surface area contributed by atoms with Crippen molar-refractivity contribution in [2.75, 3.05) is 50.6 Å². The van der Waals surface area contributed by atoms with Gasteiger partial charge < -0.3 is 24.6 Å². The first-order valence-electron chi connectivity index (χ1n) is 9.20. The lowest BCUT2D eigenvalue weighted by Crippen LogP contribution is -2.44. The van der Waals surface area contributed by atoms with Gasteiger partial charge in [-0.05, 0) is 50.4 Å². The van der Waals surface area contributed by atoms with Crippen LogP contribution in [0, 0.1) is 0 Å². The molecule has 27 heavy (non-hydrogen) atoms. The third-order valence-electron chi connectivity index (χ3n) is 4.73. The lowest BCUT2D eigenvalue weighted by Gasteiger charge is -2.34. The fourth-order valence-electron chi connectivity index (χ4n) is 3.00. The number of amides is 1. The molecule has 0 radical (unpaired) electrons. The van der Waals surface area contributed by atoms with E-state index in [0.29, 0.717) is 11.5 Å². The number of hydrogen-bond donors (Lipinski definition) is 1. The number of hydrogen-bond acceptors (Lipinski definition) is 5. The normalized spacial score (nSPS) is 15.9. The molecule has 3 rings (SSSR count). The van der Waals surface area contributed by atoms with Crippen LogP contribution in [0.4, 0.5) is 11.4 Å². The van der Waals surface area contributed by atoms with Crippen LogP contribution in [0.15, 0.2) is 48.5 Å². The van der Waals surface area contributed by atoms with Crippen LogP contribution in [-0.2, 0) is 4.79 Å². The first-order chi connectivity index (χ1) is 13.0. The van der Waals surface area contributed by atoms with Crippen molar-refractivity contribution >= 4 is 17.3 Å². The van der Waals surface area contributed by atoms with E-state index in [9.17, 15) is 4.79 Å². The average molecular weight is 369 g/mol. The van der Waals surface area contributed by atoms with Gasteiger partial charge in [-0.15, -0.1) is 0 Å². The minimum absolute atomic E-state index is 0.190. The third kappa shape index (κ3) is 5.14. The van der Waals surface area contributed by atoms with Gasteiger partial charge in [0.2, 0.25) is 0 Å². The molecule has 1 aliphatic heterocycles. The standard InChI is InChI=1S/C21H27N3O3/c1-16(27-20-6-4-5-19(15-20)26-3)21(25)22-17-7-9-18(10-8-17)24-13-11-23(2)12-14-24/h4-10,15-16H,11-14H2,1-3H3,(H,22,25). The van der Waals surface area contributed by atoms with Gasteiger partial charge in [-0.3, -0.25) is 4.79 Å². The number of anilines is 2. The summed E-state index contributed by atoms with van der Waals surface area (Å²) < 4.78 is 10.9. The molecule has 0 aromatic heterocycles. The molecular formula is C21H27N3O3. The minimum atomic E-state index is -0.616. The number of piperazine rings is 1. The van der Waals surface area contributed by atoms with Gasteiger partial charge in [-0.25, -0.2) is 0 Å². The number of rotatable bonds is 6. The van der Waals surface area contributed by atoms with E-state index in [-0.39, 0.29) is 5.91 Å². The first-order valence-corrected chi connectivity index (χ1v) is 9.20. The van der Waals surface area contributed by atoms with Crippen LogP contribution in [0.25, 0.3) is 0 Å². The SMILES string of the molecule is COc1cccc(OC(C)C(=O)Nc2ccc(N3CCN(C)CC3)cc2)c1. The molecule has 6 heteroatoms. The Kier molecular flexibility index (Phi) is 6.19. The molecule has 1 amide bonds. The van der Waals surface area contributed by atoms with Crippen LogP contribution in [0.1, 0.15) is 6.92 Å². The molecule has 1 aliphatic rings. The molecule has 1 unspecified atom stereocenters. The predicted molar refractivity (Wildman–Crippen MR) is 108 cm³/mol. The molecule has 0 saturated carbocycles. The van der Waals surface area contributed by atoms with Gasteiger partial charge in [0.1, 0.15) is 11.5 Å². The van der Waals surface area contributed by atoms with E-state index < -0.39 is 6.10 Å². The Morgan fingerprint density at radius 2 is 1.70 bits per heavy atom. The summed E-state index contributed by atoms with van der Waals surface area (Å²) in [5.74, 6) is 1.10. The van der Waals surface area contributed by atoms with Crippen molar-refractivity contribution in [3.05, 3.63) is 48.5 Å². The van der Waals surface area contributed by atoms with Gasteiger partial charge in [0.15, 0.2) is 6.10 Å². The number of carbonyl (C=O) groups excluding carboxylic acids is 1. The third-order valence-corrected chi connectivity index (χ3v) is 4.73. The van der Waals surface area contributed by atoms with E-state index in [1.165, 1.54) is 5.69 Å². The number of ether oxygens (including phenoxy) is 2. The Balaban J connectivity index is 1.55. The van der Waals surface area contributed by atoms with Gasteiger partial charge >= 0.3 is 0 Å². The molecule has 0 spiro atoms. The van der Waals surface area contributed by atoms with Crippen LogP contribution in [0.5, 0.6) is 11.5 Å². The largest absolute Gasteiger partial charge is 0.497 e. The zero-order valence-corrected chi connectivity index (χ0v) is 16.1. The molecule has 1 heterocycles. The van der Waals surface area contributed by atoms with Crippen molar-refractivity contribution in [3.63, 3.8) is 0 Å². The van der Waals surface area contributed by atoms with Crippen molar-refractivity contribution in [2.45, 2.75) is 13.0 Å². The summed E-state index contributed by atoms with van der Waals surface area (Å²) in [4.78, 5) is 17.1. The summed E-state index contributed by atoms with van der Waals surface area (Å²) in [7, 11) is 3.74. The van der Waals surface area contributed by atoms with E-state index in [1.54, 1.807) is 26.2 Å². The summed E-state index contributed by atoms with van der Waals surface area (Å²) in [6.45, 7) is 5.91. The smallest absolute Gasteiger partial charge is 0.265 e. The van der Waals surface area contributed by atoms with Crippen LogP contribution in [0.3, 0.4) is 0 Å². The summed E-state index contributed by atoms with van der Waals surface area (Å²) in [6.07, 6.45) is -0.616. The number of nitrogens with zero attached hydrogens (tertiary/aromatic N) is 2. The molecule has 2 aromatic rings. The zero-order valence-electron chi connectivity index (χ0n) is 16.1. The van der Waals surface area contributed by atoms with Crippen LogP contribution >= 0.6 is 0 Å². The molecule has 144 valence electrons. The van der Waals surface area contributed by atoms with E-state index in [0.717, 1.165) is 31.9 Å². The average Bonchev–Trinajstić information content (AvgIpc) is 2.69. The van der Waals surface area contributed by atoms with Crippen molar-refractivity contribution in [3.8, 4) is 11.5 Å². The van der Waals surface area contributed by atoms with Crippen molar-refractivity contribution in [1.82, 2.24) is 4.90 Å². The maximum absolute atomic E-state index is 12.4. The number of methoxy groups -OCH3 is 1. The second-order valence-corrected chi connectivity index (χ2v) is 6.77. The molecule has 1 N–H and O–H groups in total. The van der Waals surface area contributed by atoms with Gasteiger partial charge in [-0.2, -0.15) is 0 Å². The highest BCUT2D eigenvalue weighted by Gasteiger charge is 2.17. The highest BCUT2D eigenvalue weighted by molar-refractivity contribution is 5.94. The Morgan fingerprint density at radius 1 is 1.04 bits per heavy atom. The summed E-state index contributed by atoms with van der Waals surface area (Å²) in [5.41, 5.74) is 1.95. The number of carbonyl (C=O) groups is 1. The van der Waals surface area contributed by atoms with E-state index in [1.807, 2.05) is 24.3 Å². The molecule has 2 aromatic carbocycles. The topological polar surface area (TPSA) is 54.0 Å². The molecule has 0 bridgehead atoms. The Bertz CT molecular complexity index is 756. The fourth-order valence-corrected chi connectivity index (χ4v) is 3.00. The number of likely N-dealkylation sites (N-methyl/N-ethyl adjacent to an activating group) is 1. The van der Waals surface area contributed by atoms with Gasteiger partial charge in [0, 0.05) is 43.6 Å². The Morgan fingerprint density at radius 3 is 2.37 bits per heavy atom. The van der Waals surface area contributed by atoms with Crippen molar-refractivity contribution in [2.24, 2.45) is 0 Å². The summed E-state index contributed by atoms with van der Waals surface area (Å²) in [5, 5.41) is 2.91. The van der Waals surface area contributed by atoms with Gasteiger partial charge in [-0.1, -0.05) is 6.07 Å². The van der Waals surface area contributed by atoms with Crippen LogP contribution in [-0.4, -0.2) is 57.2 Å². The molecule has 1 atom stereocenters. The molecule has 1 saturated heterocycles. The second kappa shape index (κ2) is 8.77. The summed E-state index contributed by atoms with van der Waals surface area (Å²) in [6, 6.07) is 15.2. The predicted octanol–water partition coefficient (Wildman–Crippen LogP) is 2.85. The second-order valence-electron chi connectivity index (χ2n) is 6.77. The lowest BCUT2D eigenvalue weighted by atomic mass is 10.2. The number of nitrogens with one attached hydrogen (secondary N) is 1. The Hall–Kier alpha value is -2.73. The maximum Gasteiger partial charge on any atom is 0.265 e. The van der Waals surface area contributed by atoms with Crippen LogP contribution < -0.4 is 19.7 Å². The quantitative estimate of drug-likeness (QED) is 0.849. The first kappa shape index (κ1) is 19.0. The van der Waals surface area contributed by atoms with Gasteiger partial charge in [0.05, 0.1) is 7.11 Å². The van der Waals surface area contributed by atoms with Crippen molar-refractivity contribution < 1.29 is 14.3 Å². The molecule has 6 nitrogen and oxygen atoms in total. The molecule has 1 fully saturated rings. The molecular weight excluding hydrogens is 342 g/mol.